The van der Waals surface area contributed by atoms with Gasteiger partial charge in [0, 0.05) is 13.1 Å². The highest BCUT2D eigenvalue weighted by Crippen LogP contribution is 2.16. The van der Waals surface area contributed by atoms with E-state index in [4.69, 9.17) is 9.47 Å². The lowest BCUT2D eigenvalue weighted by Crippen LogP contribution is -2.57. The van der Waals surface area contributed by atoms with E-state index in [0.717, 1.165) is 11.1 Å². The van der Waals surface area contributed by atoms with Gasteiger partial charge in [-0.15, -0.1) is 0 Å². The lowest BCUT2D eigenvalue weighted by atomic mass is 9.96. The molecule has 5 atom stereocenters. The van der Waals surface area contributed by atoms with Gasteiger partial charge in [-0.2, -0.15) is 0 Å². The Morgan fingerprint density at radius 2 is 1.79 bits per heavy atom. The standard InChI is InChI=1S/C33H48N4O6/c1-6-22(2)29-31(40)34-17-10-18-42-25-15-13-24(14-16-25)20-27(30(39)37-29)35-21-28(38)26(19-23-11-8-7-9-12-23)36-32(41)43-33(3,4)5/h7-9,11-16,22,26-29,35,38H,6,10,17-21H2,1-5H3,(H,34,40)(H,36,41)(H,37,39)/t22-,26-,27-,28+,29-/m0/s1. The van der Waals surface area contributed by atoms with Crippen molar-refractivity contribution < 1.29 is 29.0 Å². The minimum absolute atomic E-state index is 0.00672. The van der Waals surface area contributed by atoms with Crippen LogP contribution in [0.25, 0.3) is 0 Å². The number of aliphatic hydroxyl groups is 1. The number of hydrogen-bond donors (Lipinski definition) is 5. The fourth-order valence-corrected chi connectivity index (χ4v) is 4.77. The quantitative estimate of drug-likeness (QED) is 0.300. The van der Waals surface area contributed by atoms with Crippen molar-refractivity contribution in [2.24, 2.45) is 5.92 Å². The van der Waals surface area contributed by atoms with Crippen LogP contribution in [-0.4, -0.2) is 72.5 Å². The summed E-state index contributed by atoms with van der Waals surface area (Å²) in [6.45, 7) is 10.1. The molecule has 10 nitrogen and oxygen atoms in total. The second kappa shape index (κ2) is 16.3. The SMILES string of the molecule is CC[C@H](C)[C@@H]1NC(=O)[C@@H](NC[C@@H](O)[C@H](Cc2ccccc2)NC(=O)OC(C)(C)C)Cc2ccc(cc2)OCCCNC1=O. The molecule has 5 N–H and O–H groups in total. The van der Waals surface area contributed by atoms with E-state index in [9.17, 15) is 19.5 Å². The number of carbonyl (C=O) groups excluding carboxylic acids is 3. The van der Waals surface area contributed by atoms with Crippen LogP contribution in [-0.2, 0) is 27.2 Å². The third-order valence-corrected chi connectivity index (χ3v) is 7.40. The number of alkyl carbamates (subject to hydrolysis) is 1. The first-order chi connectivity index (χ1) is 20.4. The Hall–Kier alpha value is -3.63. The van der Waals surface area contributed by atoms with Crippen LogP contribution in [0.15, 0.2) is 54.6 Å². The molecule has 0 unspecified atom stereocenters. The molecule has 0 saturated carbocycles. The number of ether oxygens (including phenoxy) is 2. The Morgan fingerprint density at radius 1 is 1.09 bits per heavy atom. The largest absolute Gasteiger partial charge is 0.494 e. The van der Waals surface area contributed by atoms with Gasteiger partial charge in [-0.1, -0.05) is 62.7 Å². The van der Waals surface area contributed by atoms with Gasteiger partial charge >= 0.3 is 6.09 Å². The van der Waals surface area contributed by atoms with Crippen molar-refractivity contribution in [3.63, 3.8) is 0 Å². The molecule has 0 aliphatic carbocycles. The predicted molar refractivity (Wildman–Crippen MR) is 166 cm³/mol. The Morgan fingerprint density at radius 3 is 2.44 bits per heavy atom. The fourth-order valence-electron chi connectivity index (χ4n) is 4.77. The molecule has 0 fully saturated rings. The predicted octanol–water partition coefficient (Wildman–Crippen LogP) is 3.11. The van der Waals surface area contributed by atoms with Crippen molar-refractivity contribution >= 4 is 17.9 Å². The van der Waals surface area contributed by atoms with E-state index in [1.165, 1.54) is 0 Å². The number of nitrogens with one attached hydrogen (secondary N) is 4. The third-order valence-electron chi connectivity index (χ3n) is 7.40. The van der Waals surface area contributed by atoms with E-state index in [-0.39, 0.29) is 24.3 Å². The van der Waals surface area contributed by atoms with E-state index in [1.807, 2.05) is 68.4 Å². The summed E-state index contributed by atoms with van der Waals surface area (Å²) >= 11 is 0. The van der Waals surface area contributed by atoms with Crippen LogP contribution in [0.2, 0.25) is 0 Å². The van der Waals surface area contributed by atoms with Crippen LogP contribution in [0.4, 0.5) is 4.79 Å². The second-order valence-electron chi connectivity index (χ2n) is 12.2. The van der Waals surface area contributed by atoms with E-state index in [2.05, 4.69) is 21.3 Å². The minimum atomic E-state index is -1.05. The maximum Gasteiger partial charge on any atom is 0.407 e. The third kappa shape index (κ3) is 11.5. The molecule has 4 rings (SSSR count). The van der Waals surface area contributed by atoms with Gasteiger partial charge in [-0.25, -0.2) is 4.79 Å². The molecule has 2 aliphatic heterocycles. The van der Waals surface area contributed by atoms with Gasteiger partial charge in [0.2, 0.25) is 11.8 Å². The maximum atomic E-state index is 13.7. The summed E-state index contributed by atoms with van der Waals surface area (Å²) in [4.78, 5) is 39.4. The van der Waals surface area contributed by atoms with Gasteiger partial charge < -0.3 is 35.8 Å². The van der Waals surface area contributed by atoms with Crippen LogP contribution >= 0.6 is 0 Å². The number of rotatable bonds is 9. The summed E-state index contributed by atoms with van der Waals surface area (Å²) in [5.74, 6) is 0.0426. The summed E-state index contributed by atoms with van der Waals surface area (Å²) in [5.41, 5.74) is 1.12. The maximum absolute atomic E-state index is 13.7. The zero-order valence-corrected chi connectivity index (χ0v) is 26.0. The topological polar surface area (TPSA) is 138 Å². The Bertz CT molecular complexity index is 1170. The first-order valence-corrected chi connectivity index (χ1v) is 15.2. The molecule has 0 spiro atoms. The van der Waals surface area contributed by atoms with Crippen molar-refractivity contribution in [3.8, 4) is 5.75 Å². The number of carbonyl (C=O) groups is 3. The average Bonchev–Trinajstić information content (AvgIpc) is 2.97. The normalized spacial score (nSPS) is 20.3. The molecule has 2 heterocycles. The highest BCUT2D eigenvalue weighted by molar-refractivity contribution is 5.90. The van der Waals surface area contributed by atoms with Crippen LogP contribution in [0.5, 0.6) is 5.75 Å². The lowest BCUT2D eigenvalue weighted by Gasteiger charge is -2.29. The zero-order chi connectivity index (χ0) is 31.4. The number of hydrogen-bond acceptors (Lipinski definition) is 7. The molecular formula is C33H48N4O6. The molecule has 2 aromatic carbocycles. The van der Waals surface area contributed by atoms with Gasteiger partial charge in [-0.05, 0) is 69.2 Å². The Kier molecular flexibility index (Phi) is 12.8. The van der Waals surface area contributed by atoms with Gasteiger partial charge in [0.05, 0.1) is 24.8 Å². The molecule has 2 aliphatic rings. The van der Waals surface area contributed by atoms with Gasteiger partial charge in [0.25, 0.3) is 0 Å². The fraction of sp³-hybridized carbons (Fsp3) is 0.545. The molecule has 0 aromatic heterocycles. The number of benzene rings is 2. The number of fused-ring (bicyclic) bond motifs is 12. The summed E-state index contributed by atoms with van der Waals surface area (Å²) < 4.78 is 11.2. The lowest BCUT2D eigenvalue weighted by molar-refractivity contribution is -0.131. The van der Waals surface area contributed by atoms with E-state index in [1.54, 1.807) is 20.8 Å². The van der Waals surface area contributed by atoms with Gasteiger partial charge in [0.15, 0.2) is 0 Å². The molecule has 43 heavy (non-hydrogen) atoms. The molecule has 0 radical (unpaired) electrons. The van der Waals surface area contributed by atoms with Crippen molar-refractivity contribution in [2.45, 2.75) is 90.1 Å². The molecule has 10 heteroatoms. The van der Waals surface area contributed by atoms with Crippen LogP contribution in [0.3, 0.4) is 0 Å². The highest BCUT2D eigenvalue weighted by Gasteiger charge is 2.31. The summed E-state index contributed by atoms with van der Waals surface area (Å²) in [6.07, 6.45) is 0.328. The first-order valence-electron chi connectivity index (χ1n) is 15.2. The Labute approximate surface area is 255 Å². The first kappa shape index (κ1) is 33.9. The van der Waals surface area contributed by atoms with Crippen LogP contribution in [0.1, 0.15) is 58.6 Å². The average molecular weight is 597 g/mol. The summed E-state index contributed by atoms with van der Waals surface area (Å²) in [6, 6.07) is 14.9. The monoisotopic (exact) mass is 596 g/mol. The highest BCUT2D eigenvalue weighted by atomic mass is 16.6. The number of aliphatic hydroxyl groups excluding tert-OH is 1. The van der Waals surface area contributed by atoms with Gasteiger partial charge in [0.1, 0.15) is 17.4 Å². The summed E-state index contributed by atoms with van der Waals surface area (Å²) in [5, 5.41) is 23.2. The molecule has 3 amide bonds. The van der Waals surface area contributed by atoms with Crippen molar-refractivity contribution in [1.82, 2.24) is 21.3 Å². The minimum Gasteiger partial charge on any atom is -0.494 e. The number of amides is 3. The van der Waals surface area contributed by atoms with Crippen molar-refractivity contribution in [3.05, 3.63) is 65.7 Å². The molecular weight excluding hydrogens is 548 g/mol. The molecule has 2 aromatic rings. The molecule has 236 valence electrons. The van der Waals surface area contributed by atoms with E-state index in [0.29, 0.717) is 44.6 Å². The summed E-state index contributed by atoms with van der Waals surface area (Å²) in [7, 11) is 0. The van der Waals surface area contributed by atoms with Crippen molar-refractivity contribution in [1.29, 1.82) is 0 Å². The van der Waals surface area contributed by atoms with Crippen molar-refractivity contribution in [2.75, 3.05) is 19.7 Å². The molecule has 2 bridgehead atoms. The van der Waals surface area contributed by atoms with Crippen LogP contribution < -0.4 is 26.0 Å². The smallest absolute Gasteiger partial charge is 0.407 e. The van der Waals surface area contributed by atoms with E-state index < -0.39 is 35.9 Å². The second-order valence-corrected chi connectivity index (χ2v) is 12.2. The zero-order valence-electron chi connectivity index (χ0n) is 26.0. The van der Waals surface area contributed by atoms with Crippen LogP contribution in [0, 0.1) is 5.92 Å². The molecule has 0 saturated heterocycles. The Balaban J connectivity index is 1.81. The van der Waals surface area contributed by atoms with Gasteiger partial charge in [-0.3, -0.25) is 9.59 Å². The van der Waals surface area contributed by atoms with E-state index >= 15 is 0 Å².